The number of esters is 1. The highest BCUT2D eigenvalue weighted by Crippen LogP contribution is 2.07. The molecular formula is C8H13NO2. The van der Waals surface area contributed by atoms with Gasteiger partial charge in [0.15, 0.2) is 6.23 Å². The lowest BCUT2D eigenvalue weighted by molar-refractivity contribution is -0.140. The monoisotopic (exact) mass is 155 g/mol. The molecular weight excluding hydrogens is 142 g/mol. The Morgan fingerprint density at radius 2 is 2.18 bits per heavy atom. The Kier molecular flexibility index (Phi) is 2.00. The summed E-state index contributed by atoms with van der Waals surface area (Å²) in [6.45, 7) is 6.06. The first-order valence-corrected chi connectivity index (χ1v) is 3.64. The fourth-order valence-corrected chi connectivity index (χ4v) is 0.874. The largest absolute Gasteiger partial charge is 0.440 e. The molecule has 0 aromatic heterocycles. The number of hydrogen-bond donors (Lipinski definition) is 1. The van der Waals surface area contributed by atoms with Crippen molar-refractivity contribution in [2.75, 3.05) is 0 Å². The molecule has 0 radical (unpaired) electrons. The Labute approximate surface area is 66.4 Å². The van der Waals surface area contributed by atoms with E-state index in [-0.39, 0.29) is 17.7 Å². The maximum atomic E-state index is 10.6. The van der Waals surface area contributed by atoms with Crippen molar-refractivity contribution in [3.05, 3.63) is 12.2 Å². The van der Waals surface area contributed by atoms with Gasteiger partial charge in [-0.1, -0.05) is 0 Å². The summed E-state index contributed by atoms with van der Waals surface area (Å²) in [5, 5.41) is 3.12. The van der Waals surface area contributed by atoms with Crippen molar-refractivity contribution >= 4 is 5.97 Å². The van der Waals surface area contributed by atoms with Crippen molar-refractivity contribution in [1.29, 1.82) is 0 Å². The van der Waals surface area contributed by atoms with Gasteiger partial charge in [-0.25, -0.2) is 4.79 Å². The Balaban J connectivity index is 2.42. The molecule has 3 nitrogen and oxygen atoms in total. The van der Waals surface area contributed by atoms with Gasteiger partial charge < -0.3 is 4.74 Å². The third-order valence-corrected chi connectivity index (χ3v) is 1.23. The van der Waals surface area contributed by atoms with Crippen LogP contribution in [0.5, 0.6) is 0 Å². The minimum Gasteiger partial charge on any atom is -0.440 e. The van der Waals surface area contributed by atoms with E-state index in [1.54, 1.807) is 6.08 Å². The van der Waals surface area contributed by atoms with Crippen LogP contribution in [-0.2, 0) is 9.53 Å². The van der Waals surface area contributed by atoms with Crippen LogP contribution >= 0.6 is 0 Å². The summed E-state index contributed by atoms with van der Waals surface area (Å²) >= 11 is 0. The number of carbonyl (C=O) groups is 1. The zero-order chi connectivity index (χ0) is 8.48. The molecule has 1 aliphatic heterocycles. The molecule has 1 N–H and O–H groups in total. The number of carbonyl (C=O) groups excluding carboxylic acids is 1. The van der Waals surface area contributed by atoms with Crippen molar-refractivity contribution in [2.45, 2.75) is 32.5 Å². The van der Waals surface area contributed by atoms with E-state index in [1.165, 1.54) is 6.08 Å². The van der Waals surface area contributed by atoms with Gasteiger partial charge in [0.1, 0.15) is 0 Å². The predicted octanol–water partition coefficient (Wildman–Crippen LogP) is 0.814. The van der Waals surface area contributed by atoms with Gasteiger partial charge in [0.05, 0.1) is 0 Å². The lowest BCUT2D eigenvalue weighted by atomic mass is 10.1. The molecule has 1 atom stereocenters. The number of rotatable bonds is 1. The summed E-state index contributed by atoms with van der Waals surface area (Å²) in [5.41, 5.74) is -0.0281. The highest BCUT2D eigenvalue weighted by molar-refractivity contribution is 5.84. The maximum Gasteiger partial charge on any atom is 0.332 e. The molecule has 0 aromatic rings. The summed E-state index contributed by atoms with van der Waals surface area (Å²) in [4.78, 5) is 10.6. The summed E-state index contributed by atoms with van der Waals surface area (Å²) in [6, 6.07) is 0. The lowest BCUT2D eigenvalue weighted by Gasteiger charge is -2.23. The SMILES string of the molecule is CC(C)(C)NC1C=CC(=O)O1. The van der Waals surface area contributed by atoms with Gasteiger partial charge in [0.25, 0.3) is 0 Å². The van der Waals surface area contributed by atoms with Gasteiger partial charge in [-0.05, 0) is 26.8 Å². The zero-order valence-electron chi connectivity index (χ0n) is 7.05. The molecule has 0 saturated heterocycles. The van der Waals surface area contributed by atoms with Crippen molar-refractivity contribution < 1.29 is 9.53 Å². The van der Waals surface area contributed by atoms with Crippen molar-refractivity contribution in [2.24, 2.45) is 0 Å². The van der Waals surface area contributed by atoms with Crippen LogP contribution < -0.4 is 5.32 Å². The van der Waals surface area contributed by atoms with E-state index >= 15 is 0 Å². The lowest BCUT2D eigenvalue weighted by Crippen LogP contribution is -2.43. The summed E-state index contributed by atoms with van der Waals surface area (Å²) in [5.74, 6) is -0.272. The molecule has 0 aliphatic carbocycles. The van der Waals surface area contributed by atoms with Crippen LogP contribution in [0, 0.1) is 0 Å². The van der Waals surface area contributed by atoms with Gasteiger partial charge in [0.2, 0.25) is 0 Å². The van der Waals surface area contributed by atoms with E-state index in [4.69, 9.17) is 4.74 Å². The highest BCUT2D eigenvalue weighted by Gasteiger charge is 2.21. The molecule has 0 fully saturated rings. The summed E-state index contributed by atoms with van der Waals surface area (Å²) in [6.07, 6.45) is 2.90. The number of hydrogen-bond acceptors (Lipinski definition) is 3. The Hall–Kier alpha value is -0.830. The smallest absolute Gasteiger partial charge is 0.332 e. The van der Waals surface area contributed by atoms with Crippen LogP contribution in [0.2, 0.25) is 0 Å². The van der Waals surface area contributed by atoms with Gasteiger partial charge in [-0.3, -0.25) is 5.32 Å². The van der Waals surface area contributed by atoms with Gasteiger partial charge in [-0.15, -0.1) is 0 Å². The van der Waals surface area contributed by atoms with E-state index in [9.17, 15) is 4.79 Å². The van der Waals surface area contributed by atoms with Gasteiger partial charge >= 0.3 is 5.97 Å². The van der Waals surface area contributed by atoms with Crippen molar-refractivity contribution in [1.82, 2.24) is 5.32 Å². The van der Waals surface area contributed by atoms with E-state index in [1.807, 2.05) is 20.8 Å². The summed E-state index contributed by atoms with van der Waals surface area (Å²) in [7, 11) is 0. The van der Waals surface area contributed by atoms with E-state index in [0.717, 1.165) is 0 Å². The molecule has 1 heterocycles. The number of cyclic esters (lactones) is 1. The molecule has 1 rings (SSSR count). The minimum absolute atomic E-state index is 0.0281. The van der Waals surface area contributed by atoms with Gasteiger partial charge in [-0.2, -0.15) is 0 Å². The normalized spacial score (nSPS) is 23.9. The number of nitrogens with one attached hydrogen (secondary N) is 1. The minimum atomic E-state index is -0.272. The summed E-state index contributed by atoms with van der Waals surface area (Å²) < 4.78 is 4.88. The van der Waals surface area contributed by atoms with Crippen LogP contribution in [-0.4, -0.2) is 17.7 Å². The first kappa shape index (κ1) is 8.27. The van der Waals surface area contributed by atoms with Crippen LogP contribution in [0.15, 0.2) is 12.2 Å². The van der Waals surface area contributed by atoms with Gasteiger partial charge in [0, 0.05) is 11.6 Å². The van der Waals surface area contributed by atoms with Crippen molar-refractivity contribution in [3.8, 4) is 0 Å². The Morgan fingerprint density at radius 1 is 1.55 bits per heavy atom. The van der Waals surface area contributed by atoms with Crippen LogP contribution in [0.3, 0.4) is 0 Å². The standard InChI is InChI=1S/C8H13NO2/c1-8(2,3)9-6-4-5-7(10)11-6/h4-6,9H,1-3H3. The molecule has 0 aromatic carbocycles. The average molecular weight is 155 g/mol. The molecule has 0 amide bonds. The average Bonchev–Trinajstić information content (AvgIpc) is 2.10. The molecule has 11 heavy (non-hydrogen) atoms. The number of ether oxygens (including phenoxy) is 1. The van der Waals surface area contributed by atoms with Crippen LogP contribution in [0.1, 0.15) is 20.8 Å². The first-order chi connectivity index (χ1) is 4.97. The van der Waals surface area contributed by atoms with Crippen LogP contribution in [0.25, 0.3) is 0 Å². The topological polar surface area (TPSA) is 38.3 Å². The highest BCUT2D eigenvalue weighted by atomic mass is 16.6. The molecule has 62 valence electrons. The molecule has 0 bridgehead atoms. The molecule has 1 unspecified atom stereocenters. The predicted molar refractivity (Wildman–Crippen MR) is 41.9 cm³/mol. The second kappa shape index (κ2) is 2.66. The van der Waals surface area contributed by atoms with E-state index in [2.05, 4.69) is 5.32 Å². The molecule has 0 spiro atoms. The Bertz CT molecular complexity index is 191. The van der Waals surface area contributed by atoms with E-state index < -0.39 is 0 Å². The van der Waals surface area contributed by atoms with E-state index in [0.29, 0.717) is 0 Å². The third kappa shape index (κ3) is 2.72. The third-order valence-electron chi connectivity index (χ3n) is 1.23. The first-order valence-electron chi connectivity index (χ1n) is 3.64. The fraction of sp³-hybridized carbons (Fsp3) is 0.625. The second-order valence-corrected chi connectivity index (χ2v) is 3.61. The van der Waals surface area contributed by atoms with Crippen molar-refractivity contribution in [3.63, 3.8) is 0 Å². The molecule has 1 aliphatic rings. The van der Waals surface area contributed by atoms with Crippen LogP contribution in [0.4, 0.5) is 0 Å². The maximum absolute atomic E-state index is 10.6. The Morgan fingerprint density at radius 3 is 2.55 bits per heavy atom. The molecule has 3 heteroatoms. The zero-order valence-corrected chi connectivity index (χ0v) is 7.05. The second-order valence-electron chi connectivity index (χ2n) is 3.61. The molecule has 0 saturated carbocycles. The fourth-order valence-electron chi connectivity index (χ4n) is 0.874. The quantitative estimate of drug-likeness (QED) is 0.569.